The fourth-order valence-corrected chi connectivity index (χ4v) is 5.75. The average molecular weight is 470 g/mol. The number of benzene rings is 1. The molecule has 0 spiro atoms. The molecule has 0 radical (unpaired) electrons. The Labute approximate surface area is 163 Å². The summed E-state index contributed by atoms with van der Waals surface area (Å²) in [6.07, 6.45) is 0.894. The van der Waals surface area contributed by atoms with Gasteiger partial charge in [0.25, 0.3) is 11.8 Å². The molecule has 0 aromatic heterocycles. The lowest BCUT2D eigenvalue weighted by Crippen LogP contribution is -2.49. The Morgan fingerprint density at radius 3 is 2.71 bits per heavy atom. The maximum absolute atomic E-state index is 13.3. The maximum Gasteiger partial charge on any atom is 0.264 e. The minimum absolute atomic E-state index is 0.0903. The van der Waals surface area contributed by atoms with Crippen LogP contribution in [0.1, 0.15) is 44.2 Å². The number of amides is 2. The van der Waals surface area contributed by atoms with E-state index in [4.69, 9.17) is 12.2 Å². The molecule has 2 amide bonds. The predicted molar refractivity (Wildman–Crippen MR) is 109 cm³/mol. The Balaban J connectivity index is 2.06. The topological polar surface area (TPSA) is 49.4 Å². The van der Waals surface area contributed by atoms with Crippen LogP contribution >= 0.6 is 46.6 Å². The van der Waals surface area contributed by atoms with Crippen molar-refractivity contribution in [1.29, 1.82) is 0 Å². The van der Waals surface area contributed by atoms with Gasteiger partial charge in [-0.1, -0.05) is 30.9 Å². The molecule has 1 N–H and O–H groups in total. The van der Waals surface area contributed by atoms with Crippen LogP contribution in [-0.4, -0.2) is 21.7 Å². The molecule has 3 aliphatic rings. The van der Waals surface area contributed by atoms with Crippen LogP contribution in [0.5, 0.6) is 0 Å². The van der Waals surface area contributed by atoms with E-state index >= 15 is 0 Å². The first kappa shape index (κ1) is 16.5. The molecule has 1 aromatic carbocycles. The third kappa shape index (κ3) is 2.20. The molecular weight excluding hydrogens is 455 g/mol. The molecule has 1 aromatic rings. The molecule has 124 valence electrons. The first-order valence-corrected chi connectivity index (χ1v) is 9.97. The fraction of sp³-hybridized carbons (Fsp3) is 0.353. The van der Waals surface area contributed by atoms with Gasteiger partial charge in [-0.3, -0.25) is 9.59 Å². The highest BCUT2D eigenvalue weighted by Gasteiger charge is 2.49. The molecule has 3 aliphatic heterocycles. The molecule has 1 unspecified atom stereocenters. The van der Waals surface area contributed by atoms with E-state index in [0.29, 0.717) is 20.7 Å². The van der Waals surface area contributed by atoms with E-state index in [1.807, 2.05) is 11.0 Å². The predicted octanol–water partition coefficient (Wildman–Crippen LogP) is 3.78. The number of carbonyl (C=O) groups is 2. The van der Waals surface area contributed by atoms with E-state index < -0.39 is 0 Å². The van der Waals surface area contributed by atoms with Crippen LogP contribution in [-0.2, 0) is 9.59 Å². The van der Waals surface area contributed by atoms with Crippen LogP contribution in [0.15, 0.2) is 17.0 Å². The van der Waals surface area contributed by atoms with Gasteiger partial charge in [-0.15, -0.1) is 0 Å². The number of halogens is 1. The summed E-state index contributed by atoms with van der Waals surface area (Å²) >= 11 is 8.56. The Kier molecular flexibility index (Phi) is 3.64. The zero-order chi connectivity index (χ0) is 17.4. The summed E-state index contributed by atoms with van der Waals surface area (Å²) in [6.45, 7) is 6.38. The zero-order valence-corrected chi connectivity index (χ0v) is 17.2. The van der Waals surface area contributed by atoms with Gasteiger partial charge < -0.3 is 10.2 Å². The van der Waals surface area contributed by atoms with Crippen molar-refractivity contribution in [2.24, 2.45) is 0 Å². The van der Waals surface area contributed by atoms with E-state index in [9.17, 15) is 9.59 Å². The lowest BCUT2D eigenvalue weighted by molar-refractivity contribution is -0.116. The van der Waals surface area contributed by atoms with E-state index in [0.717, 1.165) is 21.2 Å². The summed E-state index contributed by atoms with van der Waals surface area (Å²) in [4.78, 5) is 27.9. The molecule has 24 heavy (non-hydrogen) atoms. The highest BCUT2D eigenvalue weighted by molar-refractivity contribution is 14.1. The Hall–Kier alpha value is -0.930. The van der Waals surface area contributed by atoms with Gasteiger partial charge in [0.2, 0.25) is 0 Å². The van der Waals surface area contributed by atoms with Gasteiger partial charge in [-0.25, -0.2) is 0 Å². The number of thioether (sulfide) groups is 1. The number of nitrogens with one attached hydrogen (secondary N) is 1. The third-order valence-electron chi connectivity index (χ3n) is 4.80. The highest BCUT2D eigenvalue weighted by atomic mass is 127. The molecule has 3 heterocycles. The number of nitrogens with zero attached hydrogens (tertiary/aromatic N) is 1. The standard InChI is InChI=1S/C17H15IN2O2S2/c1-7-6-17(2,3)20-12-9(7)4-8(18)5-10(12)11(15(20)22)13-14(21)19-16(23)24-13/h4-5,7H,6H2,1-3H3,(H,19,21,23)/b13-11-. The van der Waals surface area contributed by atoms with E-state index in [2.05, 4.69) is 54.7 Å². The normalized spacial score (nSPS) is 27.6. The van der Waals surface area contributed by atoms with Crippen LogP contribution in [0.3, 0.4) is 0 Å². The van der Waals surface area contributed by atoms with Crippen molar-refractivity contribution >= 4 is 74.0 Å². The van der Waals surface area contributed by atoms with E-state index in [1.165, 1.54) is 17.3 Å². The molecule has 4 rings (SSSR count). The lowest BCUT2D eigenvalue weighted by atomic mass is 9.80. The summed E-state index contributed by atoms with van der Waals surface area (Å²) in [5.41, 5.74) is 3.23. The van der Waals surface area contributed by atoms with Gasteiger partial charge in [0.1, 0.15) is 4.32 Å². The second-order valence-corrected chi connectivity index (χ2v) is 9.93. The van der Waals surface area contributed by atoms with E-state index in [-0.39, 0.29) is 17.4 Å². The molecule has 0 aliphatic carbocycles. The smallest absolute Gasteiger partial charge is 0.264 e. The average Bonchev–Trinajstić information content (AvgIpc) is 2.92. The Morgan fingerprint density at radius 2 is 2.08 bits per heavy atom. The zero-order valence-electron chi connectivity index (χ0n) is 13.4. The van der Waals surface area contributed by atoms with Crippen molar-refractivity contribution in [3.63, 3.8) is 0 Å². The van der Waals surface area contributed by atoms with Crippen molar-refractivity contribution in [3.05, 3.63) is 31.7 Å². The van der Waals surface area contributed by atoms with Crippen molar-refractivity contribution in [1.82, 2.24) is 5.32 Å². The SMILES string of the molecule is CC1CC(C)(C)N2C(=O)/C(=C3\SC(=S)NC3=O)c3cc(I)cc1c32. The second-order valence-electron chi connectivity index (χ2n) is 7.00. The summed E-state index contributed by atoms with van der Waals surface area (Å²) < 4.78 is 1.48. The van der Waals surface area contributed by atoms with Gasteiger partial charge in [-0.05, 0) is 66.5 Å². The quantitative estimate of drug-likeness (QED) is 0.356. The van der Waals surface area contributed by atoms with Crippen LogP contribution in [0, 0.1) is 3.57 Å². The summed E-state index contributed by atoms with van der Waals surface area (Å²) in [7, 11) is 0. The number of anilines is 1. The summed E-state index contributed by atoms with van der Waals surface area (Å²) in [5.74, 6) is 0.00200. The Morgan fingerprint density at radius 1 is 1.38 bits per heavy atom. The van der Waals surface area contributed by atoms with E-state index in [1.54, 1.807) is 0 Å². The minimum Gasteiger partial charge on any atom is -0.307 e. The number of thiocarbonyl (C=S) groups is 1. The van der Waals surface area contributed by atoms with Gasteiger partial charge in [0.05, 0.1) is 16.2 Å². The fourth-order valence-electron chi connectivity index (χ4n) is 3.99. The molecule has 4 nitrogen and oxygen atoms in total. The summed E-state index contributed by atoms with van der Waals surface area (Å²) in [5, 5.41) is 2.63. The Bertz CT molecular complexity index is 876. The highest BCUT2D eigenvalue weighted by Crippen LogP contribution is 2.53. The van der Waals surface area contributed by atoms with Gasteiger partial charge in [0.15, 0.2) is 0 Å². The molecule has 1 atom stereocenters. The minimum atomic E-state index is -0.284. The number of hydrogen-bond donors (Lipinski definition) is 1. The van der Waals surface area contributed by atoms with Gasteiger partial charge in [-0.2, -0.15) is 0 Å². The molecule has 1 fully saturated rings. The first-order chi connectivity index (χ1) is 11.2. The van der Waals surface area contributed by atoms with Gasteiger partial charge >= 0.3 is 0 Å². The summed E-state index contributed by atoms with van der Waals surface area (Å²) in [6, 6.07) is 4.16. The molecule has 1 saturated heterocycles. The number of rotatable bonds is 0. The van der Waals surface area contributed by atoms with Crippen molar-refractivity contribution in [2.75, 3.05) is 4.90 Å². The molecule has 0 bridgehead atoms. The van der Waals surface area contributed by atoms with Crippen LogP contribution in [0.25, 0.3) is 5.57 Å². The molecular formula is C17H15IN2O2S2. The lowest BCUT2D eigenvalue weighted by Gasteiger charge is -2.43. The van der Waals surface area contributed by atoms with Crippen LogP contribution in [0.2, 0.25) is 0 Å². The maximum atomic E-state index is 13.3. The second kappa shape index (κ2) is 5.28. The largest absolute Gasteiger partial charge is 0.307 e. The molecule has 0 saturated carbocycles. The third-order valence-corrected chi connectivity index (χ3v) is 6.66. The molecule has 7 heteroatoms. The van der Waals surface area contributed by atoms with Crippen molar-refractivity contribution in [2.45, 2.75) is 38.6 Å². The van der Waals surface area contributed by atoms with Crippen molar-refractivity contribution in [3.8, 4) is 0 Å². The first-order valence-electron chi connectivity index (χ1n) is 7.66. The number of carbonyl (C=O) groups excluding carboxylic acids is 2. The van der Waals surface area contributed by atoms with Crippen molar-refractivity contribution < 1.29 is 9.59 Å². The van der Waals surface area contributed by atoms with Gasteiger partial charge in [0, 0.05) is 14.7 Å². The van der Waals surface area contributed by atoms with Crippen LogP contribution < -0.4 is 10.2 Å². The monoisotopic (exact) mass is 470 g/mol. The van der Waals surface area contributed by atoms with Crippen LogP contribution in [0.4, 0.5) is 5.69 Å². The number of hydrogen-bond acceptors (Lipinski definition) is 4.